The summed E-state index contributed by atoms with van der Waals surface area (Å²) >= 11 is 0. The van der Waals surface area contributed by atoms with Crippen LogP contribution in [0.2, 0.25) is 0 Å². The first-order valence-corrected chi connectivity index (χ1v) is 9.74. The van der Waals surface area contributed by atoms with E-state index in [0.29, 0.717) is 29.4 Å². The van der Waals surface area contributed by atoms with Gasteiger partial charge in [-0.15, -0.1) is 0 Å². The van der Waals surface area contributed by atoms with Crippen LogP contribution >= 0.6 is 0 Å². The summed E-state index contributed by atoms with van der Waals surface area (Å²) in [4.78, 5) is 10.7. The number of rotatable bonds is 4. The monoisotopic (exact) mass is 357 g/mol. The first-order chi connectivity index (χ1) is 11.9. The van der Waals surface area contributed by atoms with Crippen LogP contribution < -0.4 is 10.2 Å². The molecule has 7 nitrogen and oxygen atoms in total. The molecule has 8 heteroatoms. The van der Waals surface area contributed by atoms with Gasteiger partial charge in [0.1, 0.15) is 17.5 Å². The molecule has 1 aliphatic rings. The Morgan fingerprint density at radius 1 is 1.32 bits per heavy atom. The Labute approximate surface area is 147 Å². The lowest BCUT2D eigenvalue weighted by molar-refractivity contribution is 0.600. The molecule has 2 aromatic rings. The summed E-state index contributed by atoms with van der Waals surface area (Å²) in [6.07, 6.45) is 0.606. The summed E-state index contributed by atoms with van der Waals surface area (Å²) in [6, 6.07) is 10.9. The molecule has 2 heterocycles. The van der Waals surface area contributed by atoms with Crippen molar-refractivity contribution in [2.45, 2.75) is 19.4 Å². The van der Waals surface area contributed by atoms with Crippen LogP contribution in [-0.4, -0.2) is 43.0 Å². The molecule has 0 spiro atoms. The molecule has 1 aromatic heterocycles. The zero-order chi connectivity index (χ0) is 18.0. The molecule has 1 atom stereocenters. The quantitative estimate of drug-likeness (QED) is 0.893. The highest BCUT2D eigenvalue weighted by atomic mass is 32.2. The predicted octanol–water partition coefficient (Wildman–Crippen LogP) is 2.02. The number of nitrogens with one attached hydrogen (secondary N) is 1. The Morgan fingerprint density at radius 3 is 2.80 bits per heavy atom. The second-order valence-corrected chi connectivity index (χ2v) is 8.37. The van der Waals surface area contributed by atoms with Gasteiger partial charge in [0.25, 0.3) is 0 Å². The summed E-state index contributed by atoms with van der Waals surface area (Å²) in [5, 5.41) is 12.2. The van der Waals surface area contributed by atoms with Crippen LogP contribution in [0.1, 0.15) is 17.8 Å². The molecule has 0 radical (unpaired) electrons. The van der Waals surface area contributed by atoms with Crippen molar-refractivity contribution in [3.05, 3.63) is 41.7 Å². The lowest BCUT2D eigenvalue weighted by Gasteiger charge is -2.25. The number of hydrogen-bond donors (Lipinski definition) is 1. The van der Waals surface area contributed by atoms with Crippen LogP contribution in [0.25, 0.3) is 0 Å². The third-order valence-corrected chi connectivity index (χ3v) is 5.96. The van der Waals surface area contributed by atoms with Gasteiger partial charge in [0.15, 0.2) is 9.84 Å². The zero-order valence-electron chi connectivity index (χ0n) is 14.1. The molecule has 0 saturated carbocycles. The third-order valence-electron chi connectivity index (χ3n) is 4.21. The average Bonchev–Trinajstić information content (AvgIpc) is 2.93. The van der Waals surface area contributed by atoms with E-state index in [4.69, 9.17) is 5.26 Å². The number of anilines is 3. The molecule has 1 unspecified atom stereocenters. The van der Waals surface area contributed by atoms with E-state index in [1.165, 1.54) is 0 Å². The maximum atomic E-state index is 11.7. The van der Waals surface area contributed by atoms with Crippen molar-refractivity contribution in [3.63, 3.8) is 0 Å². The minimum Gasteiger partial charge on any atom is -0.355 e. The number of benzene rings is 1. The molecule has 1 saturated heterocycles. The maximum Gasteiger partial charge on any atom is 0.152 e. The normalized spacial score (nSPS) is 18.5. The summed E-state index contributed by atoms with van der Waals surface area (Å²) in [6.45, 7) is 1.79. The van der Waals surface area contributed by atoms with Gasteiger partial charge < -0.3 is 10.2 Å². The second kappa shape index (κ2) is 6.69. The van der Waals surface area contributed by atoms with Gasteiger partial charge in [-0.05, 0) is 31.5 Å². The fourth-order valence-corrected chi connectivity index (χ4v) is 4.65. The average molecular weight is 357 g/mol. The molecule has 0 bridgehead atoms. The molecule has 0 amide bonds. The van der Waals surface area contributed by atoms with Crippen LogP contribution in [0.3, 0.4) is 0 Å². The minimum absolute atomic E-state index is 0.0749. The fourth-order valence-electron chi connectivity index (χ4n) is 2.88. The van der Waals surface area contributed by atoms with Gasteiger partial charge in [-0.2, -0.15) is 5.26 Å². The third kappa shape index (κ3) is 4.06. The highest BCUT2D eigenvalue weighted by Crippen LogP contribution is 2.24. The van der Waals surface area contributed by atoms with Crippen LogP contribution in [0.15, 0.2) is 30.3 Å². The van der Waals surface area contributed by atoms with E-state index >= 15 is 0 Å². The first kappa shape index (κ1) is 17.2. The van der Waals surface area contributed by atoms with Crippen molar-refractivity contribution in [2.24, 2.45) is 0 Å². The Kier molecular flexibility index (Phi) is 4.59. The SMILES string of the molecule is Cc1nc(Nc2cccc(C#N)c2)cc(N(C)C2CCS(=O)(=O)C2)n1. The zero-order valence-corrected chi connectivity index (χ0v) is 14.9. The number of nitrogens with zero attached hydrogens (tertiary/aromatic N) is 4. The van der Waals surface area contributed by atoms with Gasteiger partial charge in [-0.1, -0.05) is 6.07 Å². The summed E-state index contributed by atoms with van der Waals surface area (Å²) in [5.41, 5.74) is 1.32. The van der Waals surface area contributed by atoms with Gasteiger partial charge in [-0.3, -0.25) is 0 Å². The molecular formula is C17H19N5O2S. The number of hydrogen-bond acceptors (Lipinski definition) is 7. The van der Waals surface area contributed by atoms with Crippen molar-refractivity contribution in [3.8, 4) is 6.07 Å². The van der Waals surface area contributed by atoms with Crippen LogP contribution in [-0.2, 0) is 9.84 Å². The topological polar surface area (TPSA) is 99.0 Å². The van der Waals surface area contributed by atoms with E-state index in [-0.39, 0.29) is 17.5 Å². The lowest BCUT2D eigenvalue weighted by Crippen LogP contribution is -2.33. The lowest BCUT2D eigenvalue weighted by atomic mass is 10.2. The molecule has 3 rings (SSSR count). The number of aryl methyl sites for hydroxylation is 1. The van der Waals surface area contributed by atoms with Crippen molar-refractivity contribution >= 4 is 27.2 Å². The van der Waals surface area contributed by atoms with Gasteiger partial charge in [-0.25, -0.2) is 18.4 Å². The first-order valence-electron chi connectivity index (χ1n) is 7.92. The van der Waals surface area contributed by atoms with Crippen molar-refractivity contribution < 1.29 is 8.42 Å². The molecule has 0 aliphatic carbocycles. The summed E-state index contributed by atoms with van der Waals surface area (Å²) in [5.74, 6) is 2.24. The van der Waals surface area contributed by atoms with Gasteiger partial charge in [0, 0.05) is 24.8 Å². The molecule has 1 fully saturated rings. The van der Waals surface area contributed by atoms with E-state index < -0.39 is 9.84 Å². The minimum atomic E-state index is -2.96. The molecule has 1 N–H and O–H groups in total. The van der Waals surface area contributed by atoms with E-state index in [1.807, 2.05) is 18.0 Å². The molecule has 25 heavy (non-hydrogen) atoms. The fraction of sp³-hybridized carbons (Fsp3) is 0.353. The van der Waals surface area contributed by atoms with Gasteiger partial charge >= 0.3 is 0 Å². The molecular weight excluding hydrogens is 338 g/mol. The van der Waals surface area contributed by atoms with E-state index in [9.17, 15) is 8.42 Å². The van der Waals surface area contributed by atoms with Crippen LogP contribution in [0.4, 0.5) is 17.3 Å². The number of sulfone groups is 1. The van der Waals surface area contributed by atoms with Gasteiger partial charge in [0.2, 0.25) is 0 Å². The standard InChI is InChI=1S/C17H19N5O2S/c1-12-19-16(21-14-5-3-4-13(8-14)10-18)9-17(20-12)22(2)15-6-7-25(23,24)11-15/h3-5,8-9,15H,6-7,11H2,1-2H3,(H,19,20,21). The summed E-state index contributed by atoms with van der Waals surface area (Å²) in [7, 11) is -1.10. The summed E-state index contributed by atoms with van der Waals surface area (Å²) < 4.78 is 23.4. The van der Waals surface area contributed by atoms with E-state index in [1.54, 1.807) is 31.2 Å². The maximum absolute atomic E-state index is 11.7. The highest BCUT2D eigenvalue weighted by Gasteiger charge is 2.31. The van der Waals surface area contributed by atoms with Crippen molar-refractivity contribution in [2.75, 3.05) is 28.8 Å². The molecule has 1 aliphatic heterocycles. The Balaban J connectivity index is 1.84. The molecule has 130 valence electrons. The predicted molar refractivity (Wildman–Crippen MR) is 96.7 cm³/mol. The van der Waals surface area contributed by atoms with E-state index in [2.05, 4.69) is 21.4 Å². The highest BCUT2D eigenvalue weighted by molar-refractivity contribution is 7.91. The number of nitriles is 1. The van der Waals surface area contributed by atoms with Gasteiger partial charge in [0.05, 0.1) is 23.1 Å². The Hall–Kier alpha value is -2.66. The van der Waals surface area contributed by atoms with E-state index in [0.717, 1.165) is 5.69 Å². The Morgan fingerprint density at radius 2 is 2.12 bits per heavy atom. The van der Waals surface area contributed by atoms with Crippen molar-refractivity contribution in [1.82, 2.24) is 9.97 Å². The largest absolute Gasteiger partial charge is 0.355 e. The van der Waals surface area contributed by atoms with Crippen molar-refractivity contribution in [1.29, 1.82) is 5.26 Å². The smallest absolute Gasteiger partial charge is 0.152 e. The van der Waals surface area contributed by atoms with Crippen LogP contribution in [0, 0.1) is 18.3 Å². The number of aromatic nitrogens is 2. The molecule has 1 aromatic carbocycles. The van der Waals surface area contributed by atoms with Crippen LogP contribution in [0.5, 0.6) is 0 Å². The Bertz CT molecular complexity index is 936. The second-order valence-electron chi connectivity index (χ2n) is 6.14.